The largest absolute Gasteiger partial charge is 3.00 e. The van der Waals surface area contributed by atoms with Crippen molar-refractivity contribution in [2.75, 3.05) is 0 Å². The summed E-state index contributed by atoms with van der Waals surface area (Å²) in [4.78, 5) is 0. The minimum atomic E-state index is 0. The van der Waals surface area contributed by atoms with Crippen molar-refractivity contribution in [3.05, 3.63) is 6.15 Å². The molecule has 0 N–H and O–H groups in total. The molecule has 0 aromatic heterocycles. The first-order valence-corrected chi connectivity index (χ1v) is 10.4. The van der Waals surface area contributed by atoms with Gasteiger partial charge in [-0.05, 0) is 0 Å². The van der Waals surface area contributed by atoms with Crippen LogP contribution in [0.2, 0.25) is 34.7 Å². The van der Waals surface area contributed by atoms with Gasteiger partial charge in [-0.3, -0.25) is 0 Å². The van der Waals surface area contributed by atoms with Crippen LogP contribution in [0.5, 0.6) is 0 Å². The second-order valence-corrected chi connectivity index (χ2v) is 5.20. The maximum absolute atomic E-state index is 2.21. The van der Waals surface area contributed by atoms with Crippen LogP contribution in [0, 0.1) is 0 Å². The van der Waals surface area contributed by atoms with Gasteiger partial charge in [0.05, 0.1) is 0 Å². The molecule has 0 rings (SSSR count). The van der Waals surface area contributed by atoms with E-state index in [9.17, 15) is 0 Å². The molecule has 0 amide bonds. The van der Waals surface area contributed by atoms with Crippen LogP contribution in [0.4, 0.5) is 0 Å². The zero-order chi connectivity index (χ0) is 8.12. The van der Waals surface area contributed by atoms with E-state index in [1.165, 1.54) is 0 Å². The topological polar surface area (TPSA) is 30.5 Å². The molecule has 0 fully saturated rings. The third kappa shape index (κ3) is 289. The van der Waals surface area contributed by atoms with Gasteiger partial charge in [0.15, 0.2) is 0 Å². The number of rotatable bonds is 0. The molecule has 0 aromatic carbocycles. The average Bonchev–Trinajstić information content (AvgIpc) is 1.70. The molecule has 0 aliphatic carbocycles. The van der Waals surface area contributed by atoms with Gasteiger partial charge in [0, 0.05) is 0 Å². The summed E-state index contributed by atoms with van der Waals surface area (Å²) < 4.78 is 0. The second-order valence-electron chi connectivity index (χ2n) is 1.73. The van der Waals surface area contributed by atoms with E-state index in [4.69, 9.17) is 0 Å². The Kier molecular flexibility index (Phi) is 105. The molecule has 0 aliphatic rings. The third-order valence-electron chi connectivity index (χ3n) is 0. The zero-order valence-electron chi connectivity index (χ0n) is 8.18. The molecule has 56 valence electrons. The van der Waals surface area contributed by atoms with Crippen molar-refractivity contribution in [1.82, 2.24) is 0 Å². The van der Waals surface area contributed by atoms with Gasteiger partial charge in [-0.2, -0.15) is 0 Å². The molecular weight excluding hydrogens is 167 g/mol. The fourth-order valence-electron chi connectivity index (χ4n) is 0. The second kappa shape index (κ2) is 46.4. The minimum absolute atomic E-state index is 0. The molecule has 0 aliphatic heterocycles. The molecule has 0 aromatic rings. The first kappa shape index (κ1) is 22.6. The van der Waals surface area contributed by atoms with E-state index in [1.54, 1.807) is 0 Å². The van der Waals surface area contributed by atoms with Crippen molar-refractivity contribution in [2.45, 2.75) is 34.7 Å². The molecule has 0 unspecified atom stereocenters. The summed E-state index contributed by atoms with van der Waals surface area (Å²) in [5.41, 5.74) is 0. The van der Waals surface area contributed by atoms with Crippen molar-refractivity contribution < 1.29 is 0 Å². The van der Waals surface area contributed by atoms with Gasteiger partial charge >= 0.3 is 80.4 Å². The van der Waals surface area contributed by atoms with E-state index in [0.29, 0.717) is 0 Å². The summed E-state index contributed by atoms with van der Waals surface area (Å²) in [6, 6.07) is 0. The molecule has 0 heterocycles. The van der Waals surface area contributed by atoms with Gasteiger partial charge in [-0.15, -0.1) is 0 Å². The van der Waals surface area contributed by atoms with Crippen LogP contribution in [0.1, 0.15) is 0 Å². The molecule has 4 heteroatoms. The van der Waals surface area contributed by atoms with Gasteiger partial charge in [0.2, 0.25) is 0 Å². The van der Waals surface area contributed by atoms with Crippen LogP contribution >= 0.6 is 0 Å². The smallest absolute Gasteiger partial charge is 3.00 e. The molecule has 0 saturated heterocycles. The Morgan fingerprint density at radius 2 is 0.500 bits per heavy atom. The predicted octanol–water partition coefficient (Wildman–Crippen LogP) is 2.65. The molecule has 0 saturated carbocycles. The summed E-state index contributed by atoms with van der Waals surface area (Å²) in [5.74, 6) is 13.3. The fraction of sp³-hybridized carbons (Fsp3) is 1.00. The van der Waals surface area contributed by atoms with Gasteiger partial charge in [0.1, 0.15) is 0 Å². The van der Waals surface area contributed by atoms with Crippen molar-refractivity contribution in [3.63, 3.8) is 0 Å². The molecular formula is C6H18Al3N. The SMILES string of the molecule is [CH3][Al+][CH3].[CH3][Al+][CH3].[CH3][Al+][CH3].[N-3]. The Bertz CT molecular complexity index is 17.7. The molecule has 10 heavy (non-hydrogen) atoms. The van der Waals surface area contributed by atoms with Crippen LogP contribution in [-0.2, 0) is 0 Å². The Hall–Kier alpha value is 1.56. The fourth-order valence-corrected chi connectivity index (χ4v) is 0. The maximum atomic E-state index is 2.21. The van der Waals surface area contributed by atoms with Crippen molar-refractivity contribution in [2.24, 2.45) is 0 Å². The summed E-state index contributed by atoms with van der Waals surface area (Å²) >= 11 is 2.25. The molecule has 1 nitrogen and oxygen atoms in total. The quantitative estimate of drug-likeness (QED) is 0.519. The summed E-state index contributed by atoms with van der Waals surface area (Å²) in [7, 11) is 0. The Labute approximate surface area is 86.1 Å². The monoisotopic (exact) mass is 185 g/mol. The van der Waals surface area contributed by atoms with Crippen molar-refractivity contribution in [1.29, 1.82) is 0 Å². The van der Waals surface area contributed by atoms with Crippen LogP contribution in [-0.4, -0.2) is 45.7 Å². The van der Waals surface area contributed by atoms with E-state index in [2.05, 4.69) is 34.7 Å². The van der Waals surface area contributed by atoms with Crippen molar-refractivity contribution >= 4 is 45.7 Å². The van der Waals surface area contributed by atoms with E-state index in [1.807, 2.05) is 0 Å². The van der Waals surface area contributed by atoms with E-state index in [-0.39, 0.29) is 6.15 Å². The summed E-state index contributed by atoms with van der Waals surface area (Å²) in [6.07, 6.45) is 0. The molecule has 0 spiro atoms. The van der Waals surface area contributed by atoms with Crippen LogP contribution in [0.3, 0.4) is 0 Å². The Morgan fingerprint density at radius 1 is 0.500 bits per heavy atom. The van der Waals surface area contributed by atoms with Gasteiger partial charge < -0.3 is 6.15 Å². The van der Waals surface area contributed by atoms with Gasteiger partial charge in [-0.25, -0.2) is 0 Å². The summed E-state index contributed by atoms with van der Waals surface area (Å²) in [5, 5.41) is 0. The number of hydrogen-bond acceptors (Lipinski definition) is 0. The Morgan fingerprint density at radius 3 is 0.500 bits per heavy atom. The third-order valence-corrected chi connectivity index (χ3v) is 0. The average molecular weight is 185 g/mol. The number of nitrogens with zero attached hydrogens (tertiary/aromatic N) is 1. The van der Waals surface area contributed by atoms with Gasteiger partial charge in [-0.1, -0.05) is 0 Å². The first-order valence-electron chi connectivity index (χ1n) is 3.46. The predicted molar refractivity (Wildman–Crippen MR) is 55.8 cm³/mol. The molecule has 0 radical (unpaired) electrons. The van der Waals surface area contributed by atoms with E-state index < -0.39 is 0 Å². The van der Waals surface area contributed by atoms with E-state index in [0.717, 1.165) is 45.7 Å². The minimum Gasteiger partial charge on any atom is -3.00 e. The van der Waals surface area contributed by atoms with Crippen LogP contribution < -0.4 is 0 Å². The Balaban J connectivity index is -0.0000000257. The maximum Gasteiger partial charge on any atom is -3.00 e. The van der Waals surface area contributed by atoms with Crippen LogP contribution in [0.25, 0.3) is 6.15 Å². The molecule has 0 bridgehead atoms. The summed E-state index contributed by atoms with van der Waals surface area (Å²) in [6.45, 7) is 0. The normalized spacial score (nSPS) is 3.00. The standard InChI is InChI=1S/6CH3.3Al.N/h6*1H3;;;;/q;;;;;;3*+1;-3. The van der Waals surface area contributed by atoms with Crippen LogP contribution in [0.15, 0.2) is 0 Å². The number of hydrogen-bond donors (Lipinski definition) is 0. The van der Waals surface area contributed by atoms with E-state index >= 15 is 0 Å². The molecule has 0 atom stereocenters. The van der Waals surface area contributed by atoms with Gasteiger partial charge in [0.25, 0.3) is 0 Å². The zero-order valence-corrected chi connectivity index (χ0v) is 11.6. The first-order chi connectivity index (χ1) is 4.24. The van der Waals surface area contributed by atoms with Crippen molar-refractivity contribution in [3.8, 4) is 0 Å².